The molecule has 0 unspecified atom stereocenters. The number of carbonyl (C=O) groups excluding carboxylic acids is 8. The summed E-state index contributed by atoms with van der Waals surface area (Å²) in [6.07, 6.45) is -21.9. The van der Waals surface area contributed by atoms with Crippen LogP contribution >= 0.6 is 23.2 Å². The van der Waals surface area contributed by atoms with Gasteiger partial charge in [-0.25, -0.2) is 0 Å². The first kappa shape index (κ1) is 82.6. The van der Waals surface area contributed by atoms with E-state index in [0.29, 0.717) is 0 Å². The van der Waals surface area contributed by atoms with Crippen molar-refractivity contribution in [3.05, 3.63) is 117 Å². The van der Waals surface area contributed by atoms with E-state index in [4.69, 9.17) is 66.8 Å². The van der Waals surface area contributed by atoms with Crippen molar-refractivity contribution in [3.8, 4) is 57.1 Å². The Morgan fingerprint density at radius 1 is 0.685 bits per heavy atom. The predicted molar refractivity (Wildman–Crippen MR) is 379 cm³/mol. The van der Waals surface area contributed by atoms with E-state index >= 15 is 19.2 Å². The Morgan fingerprint density at radius 2 is 1.25 bits per heavy atom. The van der Waals surface area contributed by atoms with E-state index < -0.39 is 255 Å². The molecule has 3 saturated heterocycles. The summed E-state index contributed by atoms with van der Waals surface area (Å²) in [6.45, 7) is 8.93. The van der Waals surface area contributed by atoms with Crippen LogP contribution < -0.4 is 73.7 Å². The molecule has 0 aromatic heterocycles. The number of aliphatic hydroxyl groups excluding tert-OH is 6. The lowest BCUT2D eigenvalue weighted by Crippen LogP contribution is -2.89. The maximum atomic E-state index is 16.4. The van der Waals surface area contributed by atoms with E-state index in [1.165, 1.54) is 44.2 Å². The van der Waals surface area contributed by atoms with E-state index in [1.807, 2.05) is 13.8 Å². The first-order valence-electron chi connectivity index (χ1n) is 35.5. The average molecular weight is 1590 g/mol. The number of phenolic OH excluding ortho intramolecular Hbond substituents is 3. The molecule has 0 saturated carbocycles. The summed E-state index contributed by atoms with van der Waals surface area (Å²) in [4.78, 5) is 120. The molecule has 0 aliphatic carbocycles. The van der Waals surface area contributed by atoms with Crippen LogP contribution in [0.3, 0.4) is 0 Å². The second kappa shape index (κ2) is 33.2. The lowest BCUT2D eigenvalue weighted by molar-refractivity contribution is -0.651. The topological polar surface area (TPSA) is 586 Å². The standard InChI is InChI=1S/C73H88Cl2N10O26/c1-26(2)14-38(79-7)64(96)84-54-56(91)30-9-12-42(36(74)16-30)106-44-18-32-19-45(60(44)111-71-61(58(93)57(92)46(25-86)108-71)110-49-24-73(6,78)63(95)28(4)105-49)107-43-13-10-31(17-37(43)75)59(109-48-23-72(5,77)62(94)27(3)104-48)55-69(101)83-53(70(102)103)35-20-33(87)21-41(89)50(35)34-15-29(8-11-40(34)88)51(66(98)85-55)82-67(99)52(32)81-65(97)39(22-47(76)90)80-68(54)100/h8-13,15-21,26-28,38-39,46,48-49,51-59,61-63,71,79,86-89,91-95H,14,22-25,77-78H2,1-7H3,(H2,76,90)(H,80,100)(H,81,97)(H,82,99)(H,83,101)(H,84,96)(H,85,98)(H,102,103)/p+2/t27-,28-,38+,39-,46+,48-,49-,51+,52+,53-,54+,55-,56+,57+,58-,59+,61+,62-,63-,71-,72-,73-/m0/s1. The normalized spacial score (nSPS) is 32.1. The van der Waals surface area contributed by atoms with E-state index in [-0.39, 0.29) is 58.4 Å². The predicted octanol–water partition coefficient (Wildman–Crippen LogP) is -3.45. The number of nitrogens with one attached hydrogen (secondary N) is 6. The summed E-state index contributed by atoms with van der Waals surface area (Å²) < 4.78 is 51.9. The number of aromatic hydroxyl groups is 3. The molecule has 8 heterocycles. The highest BCUT2D eigenvalue weighted by Gasteiger charge is 2.53. The SMILES string of the molecule is C[NH2+][C@H](CC(C)C)C(=O)N[C@H]1C(=O)N[C@@H](CC(N)=O)C(=O)N[C@H]2C(=O)N[C@H]3C(=O)N[C@H](C(=O)N[C@H](C(=O)[O-])c4cc(O)cc(O)c4-c4cc3ccc4O)[C@H](O[C@H]3C[C@](C)([NH3+])[C@@H](O)[C@H](C)O3)c3ccc(c(Cl)c3)Oc3cc2cc(c3O[C@@H]2O[C@H](CO)[C@@H](O)[C@H](O)[C@H]2O[C@H]2C[C@](C)([NH3+])[C@@H](O)[C@H](C)O2)Oc2ccc(cc2Cl)[C@H]1O. The lowest BCUT2D eigenvalue weighted by atomic mass is 9.86. The number of ether oxygens (including phenoxy) is 8. The molecule has 22 atom stereocenters. The molecule has 8 aliphatic rings. The minimum absolute atomic E-state index is 0.0772. The molecule has 5 aromatic rings. The van der Waals surface area contributed by atoms with Gasteiger partial charge in [0.25, 0.3) is 5.91 Å². The second-order valence-electron chi connectivity index (χ2n) is 29.6. The Kier molecular flexibility index (Phi) is 24.7. The van der Waals surface area contributed by atoms with Crippen molar-refractivity contribution in [3.63, 3.8) is 0 Å². The molecule has 3 fully saturated rings. The van der Waals surface area contributed by atoms with E-state index in [9.17, 15) is 70.2 Å². The maximum Gasteiger partial charge on any atom is 0.278 e. The number of nitrogens with two attached hydrogens (primary N) is 2. The van der Waals surface area contributed by atoms with Crippen LogP contribution in [-0.2, 0) is 62.0 Å². The molecule has 38 heteroatoms. The third kappa shape index (κ3) is 17.7. The number of phenols is 3. The average Bonchev–Trinajstić information content (AvgIpc) is 0.763. The smallest absolute Gasteiger partial charge is 0.278 e. The zero-order valence-electron chi connectivity index (χ0n) is 61.0. The van der Waals surface area contributed by atoms with Crippen molar-refractivity contribution < 1.29 is 144 Å². The Hall–Kier alpha value is -9.32. The summed E-state index contributed by atoms with van der Waals surface area (Å²) in [5.74, 6) is -16.2. The molecule has 111 heavy (non-hydrogen) atoms. The zero-order valence-corrected chi connectivity index (χ0v) is 62.5. The first-order valence-corrected chi connectivity index (χ1v) is 36.3. The number of hydrogen-bond donors (Lipinski definition) is 19. The summed E-state index contributed by atoms with van der Waals surface area (Å²) in [5.41, 5.74) is 8.86. The van der Waals surface area contributed by atoms with Gasteiger partial charge < -0.3 is 148 Å². The van der Waals surface area contributed by atoms with Gasteiger partial charge in [0.1, 0.15) is 113 Å². The fraction of sp³-hybridized carbons (Fsp3) is 0.479. The van der Waals surface area contributed by atoms with Crippen LogP contribution in [0.5, 0.6) is 46.0 Å². The summed E-state index contributed by atoms with van der Waals surface area (Å²) in [6, 6.07) is -0.341. The molecule has 25 N–H and O–H groups in total. The number of quaternary nitrogens is 3. The summed E-state index contributed by atoms with van der Waals surface area (Å²) in [7, 11) is 1.60. The van der Waals surface area contributed by atoms with Crippen molar-refractivity contribution in [2.45, 2.75) is 201 Å². The number of carboxylic acids is 1. The highest BCUT2D eigenvalue weighted by Crippen LogP contribution is 2.50. The number of likely N-dealkylation sites (N-methyl/N-ethyl adjacent to an activating group) is 1. The van der Waals surface area contributed by atoms with E-state index in [1.54, 1.807) is 26.2 Å². The van der Waals surface area contributed by atoms with Crippen LogP contribution in [0.4, 0.5) is 0 Å². The van der Waals surface area contributed by atoms with Crippen molar-refractivity contribution in [2.24, 2.45) is 11.7 Å². The highest BCUT2D eigenvalue weighted by molar-refractivity contribution is 6.32. The Labute approximate surface area is 643 Å². The number of primary amides is 1. The number of rotatable bonds is 15. The number of halogens is 2. The molecule has 0 radical (unpaired) electrons. The third-order valence-corrected chi connectivity index (χ3v) is 20.9. The van der Waals surface area contributed by atoms with Gasteiger partial charge in [-0.2, -0.15) is 0 Å². The molecule has 36 nitrogen and oxygen atoms in total. The highest BCUT2D eigenvalue weighted by atomic mass is 35.5. The fourth-order valence-corrected chi connectivity index (χ4v) is 14.9. The maximum absolute atomic E-state index is 16.4. The monoisotopic (exact) mass is 1590 g/mol. The zero-order chi connectivity index (χ0) is 80.9. The first-order chi connectivity index (χ1) is 52.3. The quantitative estimate of drug-likeness (QED) is 0.0485. The number of benzene rings is 5. The van der Waals surface area contributed by atoms with Crippen LogP contribution in [0.25, 0.3) is 11.1 Å². The van der Waals surface area contributed by atoms with Gasteiger partial charge >= 0.3 is 0 Å². The van der Waals surface area contributed by atoms with Crippen molar-refractivity contribution in [2.75, 3.05) is 13.7 Å². The number of carboxylic acid groups (broad SMARTS) is 1. The fourth-order valence-electron chi connectivity index (χ4n) is 14.4. The largest absolute Gasteiger partial charge is 0.548 e. The van der Waals surface area contributed by atoms with E-state index in [0.717, 1.165) is 48.5 Å². The number of fused-ring (bicyclic) bond motifs is 15. The number of carbonyl (C=O) groups is 8. The van der Waals surface area contributed by atoms with Crippen LogP contribution in [0.15, 0.2) is 78.9 Å². The molecule has 11 bridgehead atoms. The van der Waals surface area contributed by atoms with Gasteiger partial charge in [-0.15, -0.1) is 0 Å². The molecular weight excluding hydrogens is 1500 g/mol. The van der Waals surface area contributed by atoms with Crippen LogP contribution in [0.1, 0.15) is 125 Å². The van der Waals surface area contributed by atoms with Gasteiger partial charge in [-0.05, 0) is 116 Å². The molecule has 8 aliphatic heterocycles. The van der Waals surface area contributed by atoms with Gasteiger partial charge in [0.15, 0.2) is 36.2 Å². The number of aliphatic carboxylic acids is 1. The Bertz CT molecular complexity index is 4420. The van der Waals surface area contributed by atoms with Crippen molar-refractivity contribution in [1.82, 2.24) is 31.9 Å². The molecular formula is C73H90Cl2N10O26+2. The van der Waals surface area contributed by atoms with Crippen LogP contribution in [-0.4, -0.2) is 210 Å². The van der Waals surface area contributed by atoms with Gasteiger partial charge in [0.2, 0.25) is 47.5 Å². The van der Waals surface area contributed by atoms with Gasteiger partial charge in [-0.3, -0.25) is 33.6 Å². The van der Waals surface area contributed by atoms with Gasteiger partial charge in [0, 0.05) is 23.6 Å². The van der Waals surface area contributed by atoms with Crippen LogP contribution in [0.2, 0.25) is 10.0 Å². The minimum Gasteiger partial charge on any atom is -0.548 e. The Balaban J connectivity index is 1.19. The molecule has 5 aromatic carbocycles. The number of hydrogen-bond acceptors (Lipinski definition) is 26. The van der Waals surface area contributed by atoms with Gasteiger partial charge in [0.05, 0.1) is 67.2 Å². The third-order valence-electron chi connectivity index (χ3n) is 20.3. The lowest BCUT2D eigenvalue weighted by Gasteiger charge is -2.45. The second-order valence-corrected chi connectivity index (χ2v) is 30.4. The summed E-state index contributed by atoms with van der Waals surface area (Å²) in [5, 5.41) is 133. The minimum atomic E-state index is -2.39. The van der Waals surface area contributed by atoms with Crippen molar-refractivity contribution in [1.29, 1.82) is 0 Å². The molecule has 600 valence electrons. The Morgan fingerprint density at radius 3 is 1.82 bits per heavy atom. The molecule has 0 spiro atoms. The van der Waals surface area contributed by atoms with Crippen molar-refractivity contribution >= 4 is 70.5 Å². The number of aliphatic hydroxyl groups is 6. The molecule has 13 rings (SSSR count). The number of amides is 7. The molecule has 7 amide bonds. The van der Waals surface area contributed by atoms with Crippen LogP contribution in [0, 0.1) is 5.92 Å². The van der Waals surface area contributed by atoms with Gasteiger partial charge in [-0.1, -0.05) is 55.2 Å². The summed E-state index contributed by atoms with van der Waals surface area (Å²) >= 11 is 14.5. The van der Waals surface area contributed by atoms with E-state index in [2.05, 4.69) is 43.4 Å².